The van der Waals surface area contributed by atoms with E-state index in [9.17, 15) is 5.26 Å². The molecule has 6 aromatic rings. The van der Waals surface area contributed by atoms with Crippen molar-refractivity contribution in [2.24, 2.45) is 7.05 Å². The molecule has 0 aliphatic carbocycles. The van der Waals surface area contributed by atoms with E-state index in [0.717, 1.165) is 61.0 Å². The fourth-order valence-electron chi connectivity index (χ4n) is 5.94. The zero-order chi connectivity index (χ0) is 28.2. The third kappa shape index (κ3) is 4.17. The van der Waals surface area contributed by atoms with Gasteiger partial charge in [-0.15, -0.1) is 0 Å². The first-order valence-electron chi connectivity index (χ1n) is 13.7. The standard InChI is InChI=1S/C37H33N2O/c1-23-12-18-29-30-19-17-28(21-38)34(27-15-13-26(14-16-27)25-10-8-7-9-11-25)36(30)40-35(29)33(23)32-20-24(2)31(22-39(32)6)37(3,4)5/h7-20,22H,1-6H3/q+1. The molecular formula is C37H33N2O+. The number of aromatic nitrogens is 1. The molecule has 40 heavy (non-hydrogen) atoms. The molecular weight excluding hydrogens is 488 g/mol. The van der Waals surface area contributed by atoms with Crippen LogP contribution in [0.2, 0.25) is 0 Å². The Morgan fingerprint density at radius 3 is 1.95 bits per heavy atom. The summed E-state index contributed by atoms with van der Waals surface area (Å²) in [5.74, 6) is 0. The summed E-state index contributed by atoms with van der Waals surface area (Å²) in [6, 6.07) is 31.7. The van der Waals surface area contributed by atoms with Crippen LogP contribution in [0.3, 0.4) is 0 Å². The Hall–Kier alpha value is -4.68. The van der Waals surface area contributed by atoms with Gasteiger partial charge in [0.2, 0.25) is 5.69 Å². The minimum Gasteiger partial charge on any atom is -0.454 e. The smallest absolute Gasteiger partial charge is 0.216 e. The molecule has 196 valence electrons. The Kier molecular flexibility index (Phi) is 6.08. The maximum Gasteiger partial charge on any atom is 0.216 e. The van der Waals surface area contributed by atoms with Gasteiger partial charge in [0, 0.05) is 28.0 Å². The number of nitrogens with zero attached hydrogens (tertiary/aromatic N) is 2. The normalized spacial score (nSPS) is 11.7. The lowest BCUT2D eigenvalue weighted by atomic mass is 9.84. The van der Waals surface area contributed by atoms with Crippen LogP contribution in [0.1, 0.15) is 43.0 Å². The van der Waals surface area contributed by atoms with E-state index in [1.807, 2.05) is 30.3 Å². The van der Waals surface area contributed by atoms with Crippen LogP contribution in [0.15, 0.2) is 95.5 Å². The van der Waals surface area contributed by atoms with E-state index in [1.165, 1.54) is 11.1 Å². The second-order valence-electron chi connectivity index (χ2n) is 11.8. The topological polar surface area (TPSA) is 40.8 Å². The van der Waals surface area contributed by atoms with Crippen LogP contribution in [0.4, 0.5) is 0 Å². The molecule has 0 bridgehead atoms. The van der Waals surface area contributed by atoms with Gasteiger partial charge in [-0.2, -0.15) is 5.26 Å². The summed E-state index contributed by atoms with van der Waals surface area (Å²) in [5, 5.41) is 12.2. The molecule has 0 saturated heterocycles. The molecule has 0 atom stereocenters. The van der Waals surface area contributed by atoms with Crippen molar-refractivity contribution >= 4 is 21.9 Å². The second kappa shape index (κ2) is 9.50. The van der Waals surface area contributed by atoms with Crippen LogP contribution < -0.4 is 4.57 Å². The van der Waals surface area contributed by atoms with Gasteiger partial charge in [-0.05, 0) is 59.2 Å². The molecule has 2 heterocycles. The number of fused-ring (bicyclic) bond motifs is 3. The van der Waals surface area contributed by atoms with Crippen molar-refractivity contribution in [2.45, 2.75) is 40.0 Å². The average Bonchev–Trinajstić information content (AvgIpc) is 3.32. The summed E-state index contributed by atoms with van der Waals surface area (Å²) < 4.78 is 9.00. The molecule has 0 saturated carbocycles. The fraction of sp³-hybridized carbons (Fsp3) is 0.189. The number of hydrogen-bond acceptors (Lipinski definition) is 2. The van der Waals surface area contributed by atoms with Crippen molar-refractivity contribution in [3.63, 3.8) is 0 Å². The summed E-state index contributed by atoms with van der Waals surface area (Å²) in [6.07, 6.45) is 2.25. The first kappa shape index (κ1) is 25.6. The van der Waals surface area contributed by atoms with Gasteiger partial charge in [0.15, 0.2) is 6.20 Å². The third-order valence-electron chi connectivity index (χ3n) is 7.96. The number of aryl methyl sites for hydroxylation is 3. The number of benzene rings is 4. The van der Waals surface area contributed by atoms with Gasteiger partial charge in [-0.3, -0.25) is 0 Å². The molecule has 0 radical (unpaired) electrons. The fourth-order valence-corrected chi connectivity index (χ4v) is 5.94. The molecule has 0 spiro atoms. The van der Waals surface area contributed by atoms with Crippen molar-refractivity contribution in [1.82, 2.24) is 0 Å². The largest absolute Gasteiger partial charge is 0.454 e. The molecule has 0 aliphatic rings. The molecule has 3 heteroatoms. The van der Waals surface area contributed by atoms with Crippen molar-refractivity contribution in [3.8, 4) is 39.6 Å². The van der Waals surface area contributed by atoms with Crippen LogP contribution >= 0.6 is 0 Å². The summed E-state index contributed by atoms with van der Waals surface area (Å²) in [6.45, 7) is 11.1. The minimum absolute atomic E-state index is 0.0550. The van der Waals surface area contributed by atoms with Gasteiger partial charge in [0.1, 0.15) is 18.2 Å². The van der Waals surface area contributed by atoms with Crippen LogP contribution in [0.25, 0.3) is 55.4 Å². The summed E-state index contributed by atoms with van der Waals surface area (Å²) in [5.41, 5.74) is 12.3. The average molecular weight is 522 g/mol. The lowest BCUT2D eigenvalue weighted by molar-refractivity contribution is -0.661. The van der Waals surface area contributed by atoms with Crippen molar-refractivity contribution in [2.75, 3.05) is 0 Å². The Morgan fingerprint density at radius 2 is 1.30 bits per heavy atom. The predicted octanol–water partition coefficient (Wildman–Crippen LogP) is 9.20. The second-order valence-corrected chi connectivity index (χ2v) is 11.8. The van der Waals surface area contributed by atoms with Gasteiger partial charge >= 0.3 is 0 Å². The molecule has 0 aliphatic heterocycles. The van der Waals surface area contributed by atoms with E-state index >= 15 is 0 Å². The highest BCUT2D eigenvalue weighted by Gasteiger charge is 2.26. The predicted molar refractivity (Wildman–Crippen MR) is 164 cm³/mol. The highest BCUT2D eigenvalue weighted by molar-refractivity contribution is 6.14. The van der Waals surface area contributed by atoms with E-state index in [0.29, 0.717) is 5.56 Å². The molecule has 2 aromatic heterocycles. The van der Waals surface area contributed by atoms with Crippen molar-refractivity contribution in [1.29, 1.82) is 5.26 Å². The first-order valence-corrected chi connectivity index (χ1v) is 13.7. The maximum atomic E-state index is 10.1. The molecule has 0 fully saturated rings. The minimum atomic E-state index is 0.0550. The number of furan rings is 1. The lowest BCUT2D eigenvalue weighted by Crippen LogP contribution is -2.34. The number of rotatable bonds is 3. The third-order valence-corrected chi connectivity index (χ3v) is 7.96. The SMILES string of the molecule is Cc1cc(-c2c(C)ccc3c2oc2c(-c4ccc(-c5ccccc5)cc4)c(C#N)ccc23)[n+](C)cc1C(C)(C)C. The van der Waals surface area contributed by atoms with Crippen LogP contribution in [0.5, 0.6) is 0 Å². The van der Waals surface area contributed by atoms with Gasteiger partial charge in [-0.1, -0.05) is 87.5 Å². The van der Waals surface area contributed by atoms with Crippen molar-refractivity contribution < 1.29 is 8.98 Å². The molecule has 0 N–H and O–H groups in total. The monoisotopic (exact) mass is 521 g/mol. The highest BCUT2D eigenvalue weighted by atomic mass is 16.3. The Balaban J connectivity index is 1.59. The van der Waals surface area contributed by atoms with Gasteiger partial charge in [0.05, 0.1) is 17.2 Å². The number of hydrogen-bond donors (Lipinski definition) is 0. The van der Waals surface area contributed by atoms with Crippen LogP contribution in [0, 0.1) is 25.2 Å². The molecule has 4 aromatic carbocycles. The van der Waals surface area contributed by atoms with Crippen LogP contribution in [-0.2, 0) is 12.5 Å². The van der Waals surface area contributed by atoms with E-state index in [2.05, 4.69) is 113 Å². The zero-order valence-electron chi connectivity index (χ0n) is 24.0. The van der Waals surface area contributed by atoms with E-state index in [1.54, 1.807) is 0 Å². The van der Waals surface area contributed by atoms with E-state index in [-0.39, 0.29) is 5.41 Å². The number of pyridine rings is 1. The molecule has 6 rings (SSSR count). The first-order chi connectivity index (χ1) is 19.2. The molecule has 0 unspecified atom stereocenters. The Morgan fingerprint density at radius 1 is 0.700 bits per heavy atom. The Labute approximate surface area is 236 Å². The lowest BCUT2D eigenvalue weighted by Gasteiger charge is -2.20. The zero-order valence-corrected chi connectivity index (χ0v) is 24.0. The van der Waals surface area contributed by atoms with Crippen molar-refractivity contribution in [3.05, 3.63) is 113 Å². The van der Waals surface area contributed by atoms with Gasteiger partial charge < -0.3 is 4.42 Å². The van der Waals surface area contributed by atoms with E-state index < -0.39 is 0 Å². The molecule has 0 amide bonds. The van der Waals surface area contributed by atoms with Gasteiger partial charge in [0.25, 0.3) is 0 Å². The quantitative estimate of drug-likeness (QED) is 0.218. The summed E-state index contributed by atoms with van der Waals surface area (Å²) >= 11 is 0. The van der Waals surface area contributed by atoms with Gasteiger partial charge in [-0.25, -0.2) is 4.57 Å². The van der Waals surface area contributed by atoms with E-state index in [4.69, 9.17) is 4.42 Å². The molecule has 3 nitrogen and oxygen atoms in total. The summed E-state index contributed by atoms with van der Waals surface area (Å²) in [4.78, 5) is 0. The maximum absolute atomic E-state index is 10.1. The Bertz CT molecular complexity index is 1950. The van der Waals surface area contributed by atoms with Crippen LogP contribution in [-0.4, -0.2) is 0 Å². The number of nitriles is 1. The summed E-state index contributed by atoms with van der Waals surface area (Å²) in [7, 11) is 2.11. The highest BCUT2D eigenvalue weighted by Crippen LogP contribution is 2.42.